The third-order valence-electron chi connectivity index (χ3n) is 4.08. The quantitative estimate of drug-likeness (QED) is 0.838. The zero-order valence-electron chi connectivity index (χ0n) is 12.3. The summed E-state index contributed by atoms with van der Waals surface area (Å²) in [6, 6.07) is 0. The first kappa shape index (κ1) is 13.5. The normalized spacial score (nSPS) is 16.9. The summed E-state index contributed by atoms with van der Waals surface area (Å²) in [4.78, 5) is 11.3. The number of hydrogen-bond donors (Lipinski definition) is 0. The summed E-state index contributed by atoms with van der Waals surface area (Å²) in [5, 5.41) is 5.63. The summed E-state index contributed by atoms with van der Waals surface area (Å²) in [6.45, 7) is 6.63. The van der Waals surface area contributed by atoms with Crippen LogP contribution in [0.1, 0.15) is 38.3 Å². The molecule has 0 radical (unpaired) electrons. The van der Waals surface area contributed by atoms with Gasteiger partial charge in [-0.05, 0) is 32.4 Å². The molecule has 0 amide bonds. The topological polar surface area (TPSA) is 46.8 Å². The van der Waals surface area contributed by atoms with Crippen LogP contribution in [0, 0.1) is 0 Å². The fourth-order valence-electron chi connectivity index (χ4n) is 2.96. The van der Waals surface area contributed by atoms with E-state index in [1.54, 1.807) is 6.33 Å². The van der Waals surface area contributed by atoms with Crippen molar-refractivity contribution in [2.24, 2.45) is 0 Å². The molecule has 5 heteroatoms. The average Bonchev–Trinajstić information content (AvgIpc) is 2.91. The highest BCUT2D eigenvalue weighted by Gasteiger charge is 2.12. The van der Waals surface area contributed by atoms with Gasteiger partial charge in [0.05, 0.1) is 23.8 Å². The number of piperidine rings is 1. The minimum absolute atomic E-state index is 0.923. The Morgan fingerprint density at radius 2 is 1.95 bits per heavy atom. The minimum atomic E-state index is 0.923. The number of aryl methyl sites for hydroxylation is 1. The maximum absolute atomic E-state index is 4.51. The van der Waals surface area contributed by atoms with Gasteiger partial charge in [0, 0.05) is 6.54 Å². The molecule has 1 aliphatic heterocycles. The molecule has 0 aliphatic carbocycles. The van der Waals surface area contributed by atoms with Gasteiger partial charge in [0.2, 0.25) is 0 Å². The van der Waals surface area contributed by atoms with Crippen molar-refractivity contribution in [1.82, 2.24) is 24.6 Å². The molecule has 0 atom stereocenters. The summed E-state index contributed by atoms with van der Waals surface area (Å²) < 4.78 is 2.03. The van der Waals surface area contributed by atoms with Crippen LogP contribution in [0.3, 0.4) is 0 Å². The monoisotopic (exact) mass is 273 g/mol. The molecule has 20 heavy (non-hydrogen) atoms. The van der Waals surface area contributed by atoms with Crippen LogP contribution < -0.4 is 0 Å². The molecule has 0 unspecified atom stereocenters. The first-order valence-corrected chi connectivity index (χ1v) is 7.76. The summed E-state index contributed by atoms with van der Waals surface area (Å²) in [7, 11) is 0. The van der Waals surface area contributed by atoms with Crippen LogP contribution >= 0.6 is 0 Å². The molecular formula is C15H23N5. The van der Waals surface area contributed by atoms with Crippen molar-refractivity contribution in [1.29, 1.82) is 0 Å². The van der Waals surface area contributed by atoms with E-state index >= 15 is 0 Å². The third kappa shape index (κ3) is 2.82. The van der Waals surface area contributed by atoms with Crippen LogP contribution in [0.4, 0.5) is 0 Å². The largest absolute Gasteiger partial charge is 0.301 e. The Morgan fingerprint density at radius 3 is 2.75 bits per heavy atom. The number of nitrogens with zero attached hydrogens (tertiary/aromatic N) is 5. The smallest absolute Gasteiger partial charge is 0.161 e. The summed E-state index contributed by atoms with van der Waals surface area (Å²) in [5.41, 5.74) is 2.11. The fraction of sp³-hybridized carbons (Fsp3) is 0.667. The number of likely N-dealkylation sites (tertiary alicyclic amines) is 1. The lowest BCUT2D eigenvalue weighted by atomic mass is 10.1. The molecule has 0 spiro atoms. The molecule has 108 valence electrons. The molecule has 2 aromatic heterocycles. The molecule has 5 nitrogen and oxygen atoms in total. The fourth-order valence-corrected chi connectivity index (χ4v) is 2.96. The van der Waals surface area contributed by atoms with E-state index in [-0.39, 0.29) is 0 Å². The van der Waals surface area contributed by atoms with Gasteiger partial charge in [-0.15, -0.1) is 0 Å². The van der Waals surface area contributed by atoms with Gasteiger partial charge in [-0.1, -0.05) is 19.8 Å². The Labute approximate surface area is 120 Å². The SMILES string of the molecule is CCCc1ncnc2c1cnn2CCN1CCCCC1. The molecule has 1 saturated heterocycles. The van der Waals surface area contributed by atoms with Crippen molar-refractivity contribution in [3.05, 3.63) is 18.2 Å². The van der Waals surface area contributed by atoms with Crippen LogP contribution in [0.2, 0.25) is 0 Å². The van der Waals surface area contributed by atoms with Crippen molar-refractivity contribution < 1.29 is 0 Å². The van der Waals surface area contributed by atoms with Crippen LogP contribution in [0.5, 0.6) is 0 Å². The first-order chi connectivity index (χ1) is 9.88. The number of aromatic nitrogens is 4. The highest BCUT2D eigenvalue weighted by molar-refractivity contribution is 5.76. The Hall–Kier alpha value is -1.49. The van der Waals surface area contributed by atoms with Crippen LogP contribution in [-0.4, -0.2) is 44.3 Å². The van der Waals surface area contributed by atoms with Crippen molar-refractivity contribution in [3.63, 3.8) is 0 Å². The predicted octanol–water partition coefficient (Wildman–Crippen LogP) is 2.26. The van der Waals surface area contributed by atoms with E-state index in [4.69, 9.17) is 0 Å². The highest BCUT2D eigenvalue weighted by atomic mass is 15.3. The average molecular weight is 273 g/mol. The van der Waals surface area contributed by atoms with E-state index in [1.807, 2.05) is 10.9 Å². The Kier molecular flexibility index (Phi) is 4.25. The molecule has 1 fully saturated rings. The van der Waals surface area contributed by atoms with Crippen LogP contribution in [0.25, 0.3) is 11.0 Å². The second kappa shape index (κ2) is 6.31. The van der Waals surface area contributed by atoms with E-state index in [0.29, 0.717) is 0 Å². The molecule has 3 rings (SSSR count). The third-order valence-corrected chi connectivity index (χ3v) is 4.08. The van der Waals surface area contributed by atoms with Gasteiger partial charge in [0.25, 0.3) is 0 Å². The van der Waals surface area contributed by atoms with Crippen molar-refractivity contribution >= 4 is 11.0 Å². The number of fused-ring (bicyclic) bond motifs is 1. The van der Waals surface area contributed by atoms with Gasteiger partial charge in [-0.3, -0.25) is 0 Å². The van der Waals surface area contributed by atoms with Gasteiger partial charge in [0.1, 0.15) is 6.33 Å². The zero-order valence-corrected chi connectivity index (χ0v) is 12.3. The van der Waals surface area contributed by atoms with E-state index in [2.05, 4.69) is 26.9 Å². The molecule has 3 heterocycles. The van der Waals surface area contributed by atoms with E-state index in [9.17, 15) is 0 Å². The molecule has 2 aromatic rings. The van der Waals surface area contributed by atoms with Gasteiger partial charge < -0.3 is 4.90 Å². The van der Waals surface area contributed by atoms with E-state index in [1.165, 1.54) is 32.4 Å². The van der Waals surface area contributed by atoms with E-state index < -0.39 is 0 Å². The van der Waals surface area contributed by atoms with Gasteiger partial charge in [-0.25, -0.2) is 14.6 Å². The Bertz CT molecular complexity index is 556. The van der Waals surface area contributed by atoms with Crippen LogP contribution in [0.15, 0.2) is 12.5 Å². The van der Waals surface area contributed by atoms with Crippen LogP contribution in [-0.2, 0) is 13.0 Å². The highest BCUT2D eigenvalue weighted by Crippen LogP contribution is 2.16. The molecule has 0 N–H and O–H groups in total. The number of hydrogen-bond acceptors (Lipinski definition) is 4. The summed E-state index contributed by atoms with van der Waals surface area (Å²) >= 11 is 0. The Balaban J connectivity index is 1.73. The van der Waals surface area contributed by atoms with Gasteiger partial charge in [0.15, 0.2) is 5.65 Å². The van der Waals surface area contributed by atoms with Crippen molar-refractivity contribution in [2.45, 2.75) is 45.6 Å². The first-order valence-electron chi connectivity index (χ1n) is 7.76. The predicted molar refractivity (Wildman–Crippen MR) is 79.6 cm³/mol. The molecule has 0 aromatic carbocycles. The molecule has 0 saturated carbocycles. The second-order valence-corrected chi connectivity index (χ2v) is 5.58. The summed E-state index contributed by atoms with van der Waals surface area (Å²) in [6.07, 6.45) is 9.75. The second-order valence-electron chi connectivity index (χ2n) is 5.58. The van der Waals surface area contributed by atoms with Gasteiger partial charge >= 0.3 is 0 Å². The lowest BCUT2D eigenvalue weighted by Crippen LogP contribution is -2.32. The lowest BCUT2D eigenvalue weighted by molar-refractivity contribution is 0.219. The molecule has 0 bridgehead atoms. The maximum Gasteiger partial charge on any atom is 0.161 e. The molecular weight excluding hydrogens is 250 g/mol. The minimum Gasteiger partial charge on any atom is -0.301 e. The zero-order chi connectivity index (χ0) is 13.8. The molecule has 1 aliphatic rings. The van der Waals surface area contributed by atoms with Crippen molar-refractivity contribution in [2.75, 3.05) is 19.6 Å². The van der Waals surface area contributed by atoms with Crippen molar-refractivity contribution in [3.8, 4) is 0 Å². The summed E-state index contributed by atoms with van der Waals surface area (Å²) in [5.74, 6) is 0. The Morgan fingerprint density at radius 1 is 1.10 bits per heavy atom. The van der Waals surface area contributed by atoms with E-state index in [0.717, 1.165) is 42.7 Å². The maximum atomic E-state index is 4.51. The van der Waals surface area contributed by atoms with Gasteiger partial charge in [-0.2, -0.15) is 5.10 Å². The standard InChI is InChI=1S/C15H23N5/c1-2-6-14-13-11-18-20(15(13)17-12-16-14)10-9-19-7-4-3-5-8-19/h11-12H,2-10H2,1H3. The number of rotatable bonds is 5. The lowest BCUT2D eigenvalue weighted by Gasteiger charge is -2.26.